The number of rotatable bonds is 5. The Morgan fingerprint density at radius 1 is 1.12 bits per heavy atom. The van der Waals surface area contributed by atoms with Gasteiger partial charge in [-0.2, -0.15) is 0 Å². The largest absolute Gasteiger partial charge is 1.00 e. The Morgan fingerprint density at radius 3 is 2.60 bits per heavy atom. The lowest BCUT2D eigenvalue weighted by Crippen LogP contribution is -3.00. The summed E-state index contributed by atoms with van der Waals surface area (Å²) in [6, 6.07) is 14.2. The predicted molar refractivity (Wildman–Crippen MR) is 99.7 cm³/mol. The van der Waals surface area contributed by atoms with Crippen LogP contribution in [0.1, 0.15) is 11.3 Å². The van der Waals surface area contributed by atoms with Crippen LogP contribution >= 0.6 is 15.9 Å². The van der Waals surface area contributed by atoms with Crippen LogP contribution in [0.4, 0.5) is 5.82 Å². The van der Waals surface area contributed by atoms with Crippen molar-refractivity contribution in [2.24, 2.45) is 7.05 Å². The summed E-state index contributed by atoms with van der Waals surface area (Å²) < 4.78 is 3.11. The Bertz CT molecular complexity index is 837. The molecule has 0 aliphatic heterocycles. The molecule has 0 saturated carbocycles. The van der Waals surface area contributed by atoms with Crippen molar-refractivity contribution < 1.29 is 28.5 Å². The predicted octanol–water partition coefficient (Wildman–Crippen LogP) is 0.698. The van der Waals surface area contributed by atoms with E-state index in [0.29, 0.717) is 0 Å². The molecular formula is C19H20BrIN4. The summed E-state index contributed by atoms with van der Waals surface area (Å²) in [5, 5.41) is 3.41. The third kappa shape index (κ3) is 5.74. The molecule has 4 nitrogen and oxygen atoms in total. The van der Waals surface area contributed by atoms with E-state index in [-0.39, 0.29) is 24.0 Å². The number of hydrogen-bond donors (Lipinski definition) is 1. The van der Waals surface area contributed by atoms with E-state index >= 15 is 0 Å². The van der Waals surface area contributed by atoms with E-state index in [9.17, 15) is 0 Å². The second kappa shape index (κ2) is 9.24. The number of anilines is 1. The molecule has 1 N–H and O–H groups in total. The molecule has 0 aliphatic carbocycles. The summed E-state index contributed by atoms with van der Waals surface area (Å²) in [7, 11) is 2.04. The fourth-order valence-corrected chi connectivity index (χ4v) is 2.78. The van der Waals surface area contributed by atoms with Gasteiger partial charge >= 0.3 is 0 Å². The van der Waals surface area contributed by atoms with E-state index in [1.165, 1.54) is 5.56 Å². The lowest BCUT2D eigenvalue weighted by atomic mass is 10.2. The molecule has 1 aromatic carbocycles. The van der Waals surface area contributed by atoms with E-state index in [1.807, 2.05) is 50.5 Å². The van der Waals surface area contributed by atoms with E-state index in [2.05, 4.69) is 54.1 Å². The number of aromatic nitrogens is 3. The third-order valence-corrected chi connectivity index (χ3v) is 4.21. The normalized spacial score (nSPS) is 10.2. The lowest BCUT2D eigenvalue weighted by molar-refractivity contribution is -0.671. The molecule has 6 heteroatoms. The maximum atomic E-state index is 4.64. The van der Waals surface area contributed by atoms with Crippen LogP contribution < -0.4 is 33.9 Å². The summed E-state index contributed by atoms with van der Waals surface area (Å²) in [5.41, 5.74) is 3.27. The fraction of sp³-hybridized carbons (Fsp3) is 0.211. The first-order valence-corrected chi connectivity index (χ1v) is 8.69. The number of halogens is 2. The second-order valence-corrected chi connectivity index (χ2v) is 6.70. The Kier molecular flexibility index (Phi) is 7.31. The highest BCUT2D eigenvalue weighted by molar-refractivity contribution is 9.10. The molecule has 0 atom stereocenters. The summed E-state index contributed by atoms with van der Waals surface area (Å²) in [5.74, 6) is 1.61. The molecule has 25 heavy (non-hydrogen) atoms. The minimum atomic E-state index is 0. The van der Waals surface area contributed by atoms with Gasteiger partial charge in [0.05, 0.1) is 0 Å². The van der Waals surface area contributed by atoms with Crippen molar-refractivity contribution in [2.45, 2.75) is 13.3 Å². The highest BCUT2D eigenvalue weighted by atomic mass is 127. The topological polar surface area (TPSA) is 41.7 Å². The second-order valence-electron chi connectivity index (χ2n) is 5.78. The molecule has 130 valence electrons. The average molecular weight is 511 g/mol. The van der Waals surface area contributed by atoms with Gasteiger partial charge < -0.3 is 29.3 Å². The Morgan fingerprint density at radius 2 is 1.88 bits per heavy atom. The van der Waals surface area contributed by atoms with E-state index in [0.717, 1.165) is 40.3 Å². The van der Waals surface area contributed by atoms with Gasteiger partial charge in [0.1, 0.15) is 12.9 Å². The Labute approximate surface area is 173 Å². The zero-order chi connectivity index (χ0) is 16.9. The molecule has 0 saturated heterocycles. The number of aryl methyl sites for hydroxylation is 2. The van der Waals surface area contributed by atoms with Gasteiger partial charge in [-0.05, 0) is 31.5 Å². The standard InChI is InChI=1S/C19H20BrN4.HI/c1-14-12-18(21-10-9-15-4-3-11-24(2)13-15)23-19(22-14)16-5-7-17(20)8-6-16;/h3-8,11-13H,9-10H2,1-2H3,(H,21,22,23);1H/q+1;/p-1. The van der Waals surface area contributed by atoms with E-state index < -0.39 is 0 Å². The first-order valence-electron chi connectivity index (χ1n) is 7.90. The van der Waals surface area contributed by atoms with Gasteiger partial charge in [-0.15, -0.1) is 0 Å². The van der Waals surface area contributed by atoms with Crippen LogP contribution in [-0.2, 0) is 13.5 Å². The maximum Gasteiger partial charge on any atom is 0.171 e. The SMILES string of the molecule is Cc1cc(NCCc2ccc[n+](C)c2)nc(-c2ccc(Br)cc2)n1.[I-]. The quantitative estimate of drug-likeness (QED) is 0.406. The molecule has 0 radical (unpaired) electrons. The minimum Gasteiger partial charge on any atom is -1.00 e. The molecule has 0 fully saturated rings. The summed E-state index contributed by atoms with van der Waals surface area (Å²) in [6.07, 6.45) is 5.13. The van der Waals surface area contributed by atoms with E-state index in [1.54, 1.807) is 0 Å². The molecule has 2 aromatic heterocycles. The van der Waals surface area contributed by atoms with Gasteiger partial charge in [-0.3, -0.25) is 0 Å². The van der Waals surface area contributed by atoms with E-state index in [4.69, 9.17) is 0 Å². The van der Waals surface area contributed by atoms with Gasteiger partial charge in [-0.25, -0.2) is 14.5 Å². The number of pyridine rings is 1. The minimum absolute atomic E-state index is 0. The molecular weight excluding hydrogens is 491 g/mol. The zero-order valence-electron chi connectivity index (χ0n) is 14.2. The molecule has 0 spiro atoms. The van der Waals surface area contributed by atoms with Gasteiger partial charge in [0.2, 0.25) is 0 Å². The summed E-state index contributed by atoms with van der Waals surface area (Å²) >= 11 is 3.45. The van der Waals surface area contributed by atoms with Gasteiger partial charge in [0.15, 0.2) is 18.2 Å². The number of benzene rings is 1. The van der Waals surface area contributed by atoms with Gasteiger partial charge in [-0.1, -0.05) is 28.1 Å². The fourth-order valence-electron chi connectivity index (χ4n) is 2.52. The number of hydrogen-bond acceptors (Lipinski definition) is 3. The molecule has 3 rings (SSSR count). The molecule has 0 bridgehead atoms. The molecule has 2 heterocycles. The van der Waals surface area contributed by atoms with Crippen LogP contribution in [0, 0.1) is 6.92 Å². The highest BCUT2D eigenvalue weighted by Crippen LogP contribution is 2.20. The van der Waals surface area contributed by atoms with Crippen molar-refractivity contribution >= 4 is 21.7 Å². The van der Waals surface area contributed by atoms with Crippen molar-refractivity contribution in [2.75, 3.05) is 11.9 Å². The Balaban J connectivity index is 0.00000225. The monoisotopic (exact) mass is 510 g/mol. The lowest BCUT2D eigenvalue weighted by Gasteiger charge is -2.08. The van der Waals surface area contributed by atoms with Crippen LogP contribution in [0.2, 0.25) is 0 Å². The zero-order valence-corrected chi connectivity index (χ0v) is 18.0. The molecule has 0 unspecified atom stereocenters. The average Bonchev–Trinajstić information content (AvgIpc) is 2.55. The number of nitrogens with one attached hydrogen (secondary N) is 1. The molecule has 0 amide bonds. The summed E-state index contributed by atoms with van der Waals surface area (Å²) in [6.45, 7) is 2.83. The smallest absolute Gasteiger partial charge is 0.171 e. The van der Waals surface area contributed by atoms with Crippen molar-refractivity contribution in [3.8, 4) is 11.4 Å². The first-order chi connectivity index (χ1) is 11.6. The van der Waals surface area contributed by atoms with Crippen LogP contribution in [-0.4, -0.2) is 16.5 Å². The van der Waals surface area contributed by atoms with Crippen molar-refractivity contribution in [3.63, 3.8) is 0 Å². The van der Waals surface area contributed by atoms with Gasteiger partial charge in [0, 0.05) is 40.0 Å². The van der Waals surface area contributed by atoms with Crippen LogP contribution in [0.25, 0.3) is 11.4 Å². The summed E-state index contributed by atoms with van der Waals surface area (Å²) in [4.78, 5) is 9.18. The number of nitrogens with zero attached hydrogens (tertiary/aromatic N) is 3. The van der Waals surface area contributed by atoms with Crippen molar-refractivity contribution in [1.29, 1.82) is 0 Å². The van der Waals surface area contributed by atoms with Crippen molar-refractivity contribution in [1.82, 2.24) is 9.97 Å². The Hall–Kier alpha value is -1.54. The van der Waals surface area contributed by atoms with Gasteiger partial charge in [0.25, 0.3) is 0 Å². The first kappa shape index (κ1) is 19.8. The van der Waals surface area contributed by atoms with Crippen molar-refractivity contribution in [3.05, 3.63) is 70.6 Å². The van der Waals surface area contributed by atoms with Crippen LogP contribution in [0.15, 0.2) is 59.3 Å². The molecule has 0 aliphatic rings. The van der Waals surface area contributed by atoms with Crippen LogP contribution in [0.3, 0.4) is 0 Å². The maximum absolute atomic E-state index is 4.64. The van der Waals surface area contributed by atoms with Crippen LogP contribution in [0.5, 0.6) is 0 Å². The molecule has 3 aromatic rings. The highest BCUT2D eigenvalue weighted by Gasteiger charge is 2.05. The third-order valence-electron chi connectivity index (χ3n) is 3.68.